The molecule has 55 heavy (non-hydrogen) atoms. The van der Waals surface area contributed by atoms with Gasteiger partial charge < -0.3 is 9.47 Å². The van der Waals surface area contributed by atoms with Gasteiger partial charge in [0.05, 0.1) is 11.0 Å². The highest BCUT2D eigenvalue weighted by Crippen LogP contribution is 2.51. The molecular weight excluding hydrogens is 665 g/mol. The van der Waals surface area contributed by atoms with Crippen LogP contribution in [0.15, 0.2) is 188 Å². The van der Waals surface area contributed by atoms with Crippen LogP contribution in [-0.2, 0) is 11.8 Å². The molecule has 8 aromatic carbocycles. The number of aryl methyl sites for hydroxylation is 1. The van der Waals surface area contributed by atoms with E-state index in [1.165, 1.54) is 77.6 Å². The normalized spacial score (nSPS) is 12.9. The largest absolute Gasteiger partial charge is 0.310 e. The van der Waals surface area contributed by atoms with Gasteiger partial charge in [-0.25, -0.2) is 0 Å². The van der Waals surface area contributed by atoms with Crippen LogP contribution in [-0.4, -0.2) is 4.57 Å². The predicted octanol–water partition coefficient (Wildman–Crippen LogP) is 14.5. The fourth-order valence-corrected chi connectivity index (χ4v) is 8.81. The number of aromatic nitrogens is 1. The molecule has 0 unspecified atom stereocenters. The number of rotatable bonds is 7. The minimum absolute atomic E-state index is 0.189. The summed E-state index contributed by atoms with van der Waals surface area (Å²) in [7, 11) is 0. The molecule has 0 saturated heterocycles. The summed E-state index contributed by atoms with van der Waals surface area (Å²) in [5.74, 6) is 0. The molecule has 1 heterocycles. The number of hydrogen-bond donors (Lipinski definition) is 0. The SMILES string of the molecule is CCc1ccc(-c2ccc(-c3ccc(N(c4ccccc4)c4ccc5c(c4)C(C)(C)c4cc(-n6c7ccccc7c7ccccc76)ccc4-5)cc3)cc2)cc1. The molecule has 0 saturated carbocycles. The average Bonchev–Trinajstić information content (AvgIpc) is 3.69. The van der Waals surface area contributed by atoms with Crippen LogP contribution in [0.5, 0.6) is 0 Å². The van der Waals surface area contributed by atoms with Crippen molar-refractivity contribution >= 4 is 38.9 Å². The summed E-state index contributed by atoms with van der Waals surface area (Å²) in [6, 6.07) is 69.2. The second kappa shape index (κ2) is 13.0. The van der Waals surface area contributed by atoms with Crippen LogP contribution in [0.2, 0.25) is 0 Å². The molecule has 2 heteroatoms. The molecule has 0 bridgehead atoms. The molecule has 2 nitrogen and oxygen atoms in total. The molecule has 10 rings (SSSR count). The Kier molecular flexibility index (Phi) is 7.81. The van der Waals surface area contributed by atoms with Crippen molar-refractivity contribution in [3.63, 3.8) is 0 Å². The van der Waals surface area contributed by atoms with Crippen molar-refractivity contribution in [1.82, 2.24) is 4.57 Å². The minimum Gasteiger partial charge on any atom is -0.310 e. The van der Waals surface area contributed by atoms with Gasteiger partial charge in [-0.15, -0.1) is 0 Å². The van der Waals surface area contributed by atoms with Gasteiger partial charge in [0.2, 0.25) is 0 Å². The molecule has 0 atom stereocenters. The van der Waals surface area contributed by atoms with Gasteiger partial charge in [-0.2, -0.15) is 0 Å². The highest BCUT2D eigenvalue weighted by Gasteiger charge is 2.36. The lowest BCUT2D eigenvalue weighted by molar-refractivity contribution is 0.660. The van der Waals surface area contributed by atoms with Crippen molar-refractivity contribution in [2.75, 3.05) is 4.90 Å². The molecule has 264 valence electrons. The maximum atomic E-state index is 2.43. The highest BCUT2D eigenvalue weighted by atomic mass is 15.1. The Bertz CT molecular complexity index is 2790. The van der Waals surface area contributed by atoms with E-state index < -0.39 is 0 Å². The van der Waals surface area contributed by atoms with E-state index in [1.54, 1.807) is 0 Å². The van der Waals surface area contributed by atoms with Crippen molar-refractivity contribution in [2.24, 2.45) is 0 Å². The van der Waals surface area contributed by atoms with Crippen molar-refractivity contribution in [3.8, 4) is 39.1 Å². The first-order valence-electron chi connectivity index (χ1n) is 19.4. The Balaban J connectivity index is 1.00. The van der Waals surface area contributed by atoms with E-state index in [-0.39, 0.29) is 5.41 Å². The van der Waals surface area contributed by atoms with E-state index in [9.17, 15) is 0 Å². The zero-order chi connectivity index (χ0) is 37.1. The molecule has 1 aliphatic carbocycles. The summed E-state index contributed by atoms with van der Waals surface area (Å²) in [4.78, 5) is 2.38. The van der Waals surface area contributed by atoms with Crippen LogP contribution in [0.3, 0.4) is 0 Å². The summed E-state index contributed by atoms with van der Waals surface area (Å²) in [6.45, 7) is 6.96. The van der Waals surface area contributed by atoms with Crippen LogP contribution in [0.1, 0.15) is 37.5 Å². The number of hydrogen-bond acceptors (Lipinski definition) is 1. The Morgan fingerprint density at radius 2 is 0.891 bits per heavy atom. The topological polar surface area (TPSA) is 8.17 Å². The van der Waals surface area contributed by atoms with E-state index in [0.717, 1.165) is 23.5 Å². The molecular formula is C53H42N2. The van der Waals surface area contributed by atoms with E-state index in [4.69, 9.17) is 0 Å². The molecule has 0 N–H and O–H groups in total. The third-order valence-corrected chi connectivity index (χ3v) is 11.8. The molecule has 0 amide bonds. The fraction of sp³-hybridized carbons (Fsp3) is 0.0943. The first-order valence-corrected chi connectivity index (χ1v) is 19.4. The van der Waals surface area contributed by atoms with Crippen molar-refractivity contribution in [1.29, 1.82) is 0 Å². The predicted molar refractivity (Wildman–Crippen MR) is 233 cm³/mol. The van der Waals surface area contributed by atoms with Crippen molar-refractivity contribution in [3.05, 3.63) is 205 Å². The van der Waals surface area contributed by atoms with E-state index in [2.05, 4.69) is 218 Å². The zero-order valence-corrected chi connectivity index (χ0v) is 31.5. The van der Waals surface area contributed by atoms with Crippen LogP contribution < -0.4 is 4.90 Å². The van der Waals surface area contributed by atoms with E-state index in [1.807, 2.05) is 0 Å². The Labute approximate surface area is 323 Å². The molecule has 0 fully saturated rings. The van der Waals surface area contributed by atoms with Crippen LogP contribution in [0.4, 0.5) is 17.1 Å². The lowest BCUT2D eigenvalue weighted by atomic mass is 9.82. The van der Waals surface area contributed by atoms with Gasteiger partial charge in [0.15, 0.2) is 0 Å². The van der Waals surface area contributed by atoms with Crippen molar-refractivity contribution in [2.45, 2.75) is 32.6 Å². The Hall–Kier alpha value is -6.64. The standard InChI is InChI=1S/C53H42N2/c1-4-36-18-20-37(21-19-36)38-22-24-39(25-23-38)40-26-28-42(29-27-40)54(41-12-6-5-7-13-41)43-30-32-45-46-33-31-44(35-50(46)53(2,3)49(45)34-43)55-51-16-10-8-14-47(51)48-15-9-11-17-52(48)55/h5-35H,4H2,1-3H3. The van der Waals surface area contributed by atoms with Gasteiger partial charge in [-0.1, -0.05) is 148 Å². The molecule has 1 aromatic heterocycles. The van der Waals surface area contributed by atoms with Gasteiger partial charge in [0, 0.05) is 38.9 Å². The lowest BCUT2D eigenvalue weighted by Crippen LogP contribution is -2.17. The maximum Gasteiger partial charge on any atom is 0.0541 e. The molecule has 1 aliphatic rings. The quantitative estimate of drug-likeness (QED) is 0.160. The summed E-state index contributed by atoms with van der Waals surface area (Å²) >= 11 is 0. The van der Waals surface area contributed by atoms with Gasteiger partial charge in [-0.3, -0.25) is 0 Å². The number of benzene rings is 8. The van der Waals surface area contributed by atoms with E-state index in [0.29, 0.717) is 0 Å². The molecule has 0 radical (unpaired) electrons. The third-order valence-electron chi connectivity index (χ3n) is 11.8. The molecule has 0 spiro atoms. The summed E-state index contributed by atoms with van der Waals surface area (Å²) in [6.07, 6.45) is 1.06. The Morgan fingerprint density at radius 3 is 1.47 bits per heavy atom. The minimum atomic E-state index is -0.189. The van der Waals surface area contributed by atoms with Gasteiger partial charge in [0.25, 0.3) is 0 Å². The molecule has 0 aliphatic heterocycles. The van der Waals surface area contributed by atoms with Crippen LogP contribution in [0, 0.1) is 0 Å². The summed E-state index contributed by atoms with van der Waals surface area (Å²) in [5.41, 5.74) is 18.5. The number of para-hydroxylation sites is 3. The van der Waals surface area contributed by atoms with Gasteiger partial charge >= 0.3 is 0 Å². The first-order chi connectivity index (χ1) is 27.0. The molecule has 9 aromatic rings. The first kappa shape index (κ1) is 33.0. The second-order valence-corrected chi connectivity index (χ2v) is 15.3. The number of anilines is 3. The van der Waals surface area contributed by atoms with Gasteiger partial charge in [0.1, 0.15) is 0 Å². The summed E-state index contributed by atoms with van der Waals surface area (Å²) < 4.78 is 2.43. The van der Waals surface area contributed by atoms with Crippen LogP contribution in [0.25, 0.3) is 60.9 Å². The smallest absolute Gasteiger partial charge is 0.0541 e. The van der Waals surface area contributed by atoms with E-state index >= 15 is 0 Å². The number of nitrogens with zero attached hydrogens (tertiary/aromatic N) is 2. The maximum absolute atomic E-state index is 2.43. The summed E-state index contributed by atoms with van der Waals surface area (Å²) in [5, 5.41) is 2.57. The Morgan fingerprint density at radius 1 is 0.436 bits per heavy atom. The lowest BCUT2D eigenvalue weighted by Gasteiger charge is -2.28. The number of fused-ring (bicyclic) bond motifs is 6. The van der Waals surface area contributed by atoms with Crippen LogP contribution >= 0.6 is 0 Å². The average molecular weight is 707 g/mol. The fourth-order valence-electron chi connectivity index (χ4n) is 8.81. The third kappa shape index (κ3) is 5.48. The monoisotopic (exact) mass is 706 g/mol. The second-order valence-electron chi connectivity index (χ2n) is 15.3. The van der Waals surface area contributed by atoms with Gasteiger partial charge in [-0.05, 0) is 117 Å². The zero-order valence-electron chi connectivity index (χ0n) is 31.5. The highest BCUT2D eigenvalue weighted by molar-refractivity contribution is 6.09. The van der Waals surface area contributed by atoms with Crippen molar-refractivity contribution < 1.29 is 0 Å².